The highest BCUT2D eigenvalue weighted by atomic mass is 31.7. The van der Waals surface area contributed by atoms with E-state index >= 15 is 0 Å². The molecule has 0 spiro atoms. The van der Waals surface area contributed by atoms with Crippen LogP contribution in [0.3, 0.4) is 0 Å². The van der Waals surface area contributed by atoms with E-state index in [-0.39, 0.29) is 27.2 Å². The smallest absolute Gasteiger partial charge is 0.134 e. The van der Waals surface area contributed by atoms with Gasteiger partial charge in [0.05, 0.1) is 0 Å². The molecule has 0 aromatic rings. The molecule has 0 N–H and O–H groups in total. The van der Waals surface area contributed by atoms with Crippen molar-refractivity contribution in [3.8, 4) is 0 Å². The number of rotatable bonds is 2. The molecular formula is C26H50N2P4Si. The summed E-state index contributed by atoms with van der Waals surface area (Å²) in [5.74, 6) is 0. The Balaban J connectivity index is 2.07. The highest BCUT2D eigenvalue weighted by molar-refractivity contribution is 8.36. The third-order valence-corrected chi connectivity index (χ3v) is 52.1. The second-order valence-corrected chi connectivity index (χ2v) is 40.3. The van der Waals surface area contributed by atoms with E-state index in [4.69, 9.17) is 0 Å². The second-order valence-electron chi connectivity index (χ2n) is 13.7. The maximum atomic E-state index is 3.19. The van der Waals surface area contributed by atoms with E-state index in [9.17, 15) is 0 Å². The van der Waals surface area contributed by atoms with Gasteiger partial charge in [0, 0.05) is 22.4 Å². The molecule has 4 aliphatic rings. The lowest BCUT2D eigenvalue weighted by Gasteiger charge is -2.58. The van der Waals surface area contributed by atoms with Crippen LogP contribution in [-0.4, -0.2) is 75.9 Å². The molecule has 6 unspecified atom stereocenters. The summed E-state index contributed by atoms with van der Waals surface area (Å²) < 4.78 is 6.38. The summed E-state index contributed by atoms with van der Waals surface area (Å²) in [5.41, 5.74) is 5.27. The van der Waals surface area contributed by atoms with Gasteiger partial charge in [-0.15, -0.1) is 0 Å². The van der Waals surface area contributed by atoms with Crippen LogP contribution in [0, 0.1) is 0 Å². The Kier molecular flexibility index (Phi) is 6.60. The van der Waals surface area contributed by atoms with E-state index in [1.54, 1.807) is 11.1 Å². The van der Waals surface area contributed by atoms with Crippen molar-refractivity contribution in [3.63, 3.8) is 0 Å². The summed E-state index contributed by atoms with van der Waals surface area (Å²) in [4.78, 5) is 0. The summed E-state index contributed by atoms with van der Waals surface area (Å²) in [7, 11) is -2.11. The molecule has 33 heavy (non-hydrogen) atoms. The largest absolute Gasteiger partial charge is 0.259 e. The highest BCUT2D eigenvalue weighted by Gasteiger charge is 2.63. The van der Waals surface area contributed by atoms with Gasteiger partial charge in [-0.25, -0.2) is 0 Å². The molecule has 0 aromatic heterocycles. The van der Waals surface area contributed by atoms with E-state index < -0.39 is 20.6 Å². The molecule has 7 heteroatoms. The SMILES string of the molecule is CC1=CC2C(=P(C)([Si](C)(C)P3(C)=C4CC(C)=CC4P(C)N3C(C)(C)C)N(C(C)(C)C)P2C)C1. The fraction of sp³-hybridized carbons (Fsp3) is 0.769. The van der Waals surface area contributed by atoms with Crippen LogP contribution >= 0.6 is 29.3 Å². The summed E-state index contributed by atoms with van der Waals surface area (Å²) >= 11 is 0. The van der Waals surface area contributed by atoms with Crippen LogP contribution in [0.15, 0.2) is 23.3 Å². The van der Waals surface area contributed by atoms with E-state index in [0.717, 1.165) is 11.3 Å². The third-order valence-electron chi connectivity index (χ3n) is 9.10. The molecule has 6 atom stereocenters. The standard InChI is InChI=1S/C26H50N2P4Si/c1-19-15-21-23(17-19)31(11,27(29(21)9)25(3,4)5)33(13,14)32(12)24-18-20(2)16-22(24)30(10)28(32)26(6,7)8/h15-16,21-22H,17-18H2,1-14H3. The van der Waals surface area contributed by atoms with Crippen LogP contribution in [0.5, 0.6) is 0 Å². The molecule has 0 amide bonds. The van der Waals surface area contributed by atoms with Crippen LogP contribution in [0.25, 0.3) is 0 Å². The van der Waals surface area contributed by atoms with Crippen LogP contribution in [-0.2, 0) is 0 Å². The summed E-state index contributed by atoms with van der Waals surface area (Å²) in [6, 6.07) is 0. The van der Waals surface area contributed by atoms with Crippen LogP contribution in [0.1, 0.15) is 68.2 Å². The number of fused-ring (bicyclic) bond motifs is 2. The van der Waals surface area contributed by atoms with Crippen molar-refractivity contribution in [2.24, 2.45) is 0 Å². The molecule has 2 aliphatic heterocycles. The van der Waals surface area contributed by atoms with Crippen molar-refractivity contribution in [2.75, 3.05) is 26.7 Å². The molecule has 188 valence electrons. The Hall–Kier alpha value is 1.08. The first kappa shape index (κ1) is 27.1. The van der Waals surface area contributed by atoms with Gasteiger partial charge in [0.1, 0.15) is 7.41 Å². The van der Waals surface area contributed by atoms with Gasteiger partial charge in [-0.3, -0.25) is 8.88 Å². The molecule has 2 aliphatic carbocycles. The van der Waals surface area contributed by atoms with Crippen LogP contribution in [0.4, 0.5) is 0 Å². The molecule has 0 saturated heterocycles. The predicted molar refractivity (Wildman–Crippen MR) is 166 cm³/mol. The molecule has 0 radical (unpaired) electrons. The minimum atomic E-state index is -1.78. The molecular weight excluding hydrogens is 492 g/mol. The first-order valence-electron chi connectivity index (χ1n) is 12.7. The first-order chi connectivity index (χ1) is 14.8. The molecule has 0 fully saturated rings. The molecule has 0 saturated carbocycles. The van der Waals surface area contributed by atoms with Crippen molar-refractivity contribution >= 4 is 47.3 Å². The van der Waals surface area contributed by atoms with Crippen molar-refractivity contribution in [3.05, 3.63) is 23.3 Å². The van der Waals surface area contributed by atoms with Gasteiger partial charge in [-0.2, -0.15) is 0 Å². The van der Waals surface area contributed by atoms with Gasteiger partial charge in [0.15, 0.2) is 0 Å². The second kappa shape index (κ2) is 8.04. The zero-order chi connectivity index (χ0) is 25.1. The van der Waals surface area contributed by atoms with Crippen molar-refractivity contribution in [1.29, 1.82) is 0 Å². The fourth-order valence-corrected chi connectivity index (χ4v) is 60.3. The Labute approximate surface area is 209 Å². The minimum absolute atomic E-state index is 0.162. The van der Waals surface area contributed by atoms with Gasteiger partial charge in [0.2, 0.25) is 0 Å². The maximum absolute atomic E-state index is 3.19. The van der Waals surface area contributed by atoms with Crippen LogP contribution < -0.4 is 0 Å². The van der Waals surface area contributed by atoms with Gasteiger partial charge in [-0.1, -0.05) is 36.4 Å². The van der Waals surface area contributed by atoms with Crippen LogP contribution in [0.2, 0.25) is 13.1 Å². The Morgan fingerprint density at radius 3 is 1.33 bits per heavy atom. The van der Waals surface area contributed by atoms with Crippen molar-refractivity contribution in [1.82, 2.24) is 8.88 Å². The molecule has 0 aromatic carbocycles. The van der Waals surface area contributed by atoms with Gasteiger partial charge in [0.25, 0.3) is 0 Å². The normalized spacial score (nSPS) is 40.4. The van der Waals surface area contributed by atoms with Crippen molar-refractivity contribution in [2.45, 2.75) is 104 Å². The van der Waals surface area contributed by atoms with Crippen molar-refractivity contribution < 1.29 is 0 Å². The summed E-state index contributed by atoms with van der Waals surface area (Å²) in [6.45, 7) is 33.8. The maximum Gasteiger partial charge on any atom is 0.134 e. The first-order valence-corrected chi connectivity index (χ1v) is 25.4. The third kappa shape index (κ3) is 3.53. The van der Waals surface area contributed by atoms with E-state index in [2.05, 4.69) is 116 Å². The predicted octanol–water partition coefficient (Wildman–Crippen LogP) is 8.88. The number of hydrogen-bond donors (Lipinski definition) is 0. The lowest BCUT2D eigenvalue weighted by atomic mass is 10.1. The Bertz CT molecular complexity index is 971. The van der Waals surface area contributed by atoms with Gasteiger partial charge < -0.3 is 0 Å². The fourth-order valence-electron chi connectivity index (χ4n) is 7.84. The monoisotopic (exact) mass is 542 g/mol. The number of allylic oxidation sites excluding steroid dienone is 4. The minimum Gasteiger partial charge on any atom is -0.259 e. The summed E-state index contributed by atoms with van der Waals surface area (Å²) in [6.07, 6.45) is 7.96. The lowest BCUT2D eigenvalue weighted by molar-refractivity contribution is 0.395. The lowest BCUT2D eigenvalue weighted by Crippen LogP contribution is -2.47. The average molecular weight is 543 g/mol. The zero-order valence-electron chi connectivity index (χ0n) is 23.9. The Morgan fingerprint density at radius 2 is 1.06 bits per heavy atom. The van der Waals surface area contributed by atoms with E-state index in [1.807, 2.05) is 10.6 Å². The molecule has 2 heterocycles. The zero-order valence-corrected chi connectivity index (χ0v) is 28.5. The van der Waals surface area contributed by atoms with E-state index in [0.29, 0.717) is 0 Å². The molecule has 4 rings (SSSR count). The average Bonchev–Trinajstić information content (AvgIpc) is 3.30. The van der Waals surface area contributed by atoms with Gasteiger partial charge >= 0.3 is 0 Å². The topological polar surface area (TPSA) is 6.48 Å². The molecule has 0 bridgehead atoms. The highest BCUT2D eigenvalue weighted by Crippen LogP contribution is 2.88. The van der Waals surface area contributed by atoms with Gasteiger partial charge in [-0.05, 0) is 135 Å². The number of hydrogen-bond acceptors (Lipinski definition) is 2. The van der Waals surface area contributed by atoms with E-state index in [1.165, 1.54) is 12.8 Å². The Morgan fingerprint density at radius 1 is 0.758 bits per heavy atom. The quantitative estimate of drug-likeness (QED) is 0.195. The molecule has 2 nitrogen and oxygen atoms in total. The summed E-state index contributed by atoms with van der Waals surface area (Å²) in [5, 5.41) is 4.00. The number of nitrogens with zero attached hydrogens (tertiary/aromatic N) is 2.